The fraction of sp³-hybridized carbons (Fsp3) is 0.324. The number of carbonyl (C=O) groups is 3. The zero-order valence-electron chi connectivity index (χ0n) is 24.3. The number of aromatic hydroxyl groups is 1. The van der Waals surface area contributed by atoms with Crippen LogP contribution >= 0.6 is 0 Å². The lowest BCUT2D eigenvalue weighted by molar-refractivity contribution is -0.171. The molecule has 3 aromatic rings. The van der Waals surface area contributed by atoms with Gasteiger partial charge in [-0.05, 0) is 68.5 Å². The van der Waals surface area contributed by atoms with Crippen LogP contribution in [0.1, 0.15) is 89.4 Å². The third-order valence-electron chi connectivity index (χ3n) is 7.25. The van der Waals surface area contributed by atoms with Gasteiger partial charge < -0.3 is 19.3 Å². The average Bonchev–Trinajstić information content (AvgIpc) is 2.92. The van der Waals surface area contributed by atoms with Gasteiger partial charge in [0.15, 0.2) is 5.75 Å². The van der Waals surface area contributed by atoms with E-state index < -0.39 is 17.7 Å². The molecule has 41 heavy (non-hydrogen) atoms. The smallest absolute Gasteiger partial charge is 0.345 e. The van der Waals surface area contributed by atoms with Crippen molar-refractivity contribution in [1.82, 2.24) is 0 Å². The molecule has 214 valence electrons. The number of methoxy groups -OCH3 is 1. The van der Waals surface area contributed by atoms with Gasteiger partial charge in [-0.15, -0.1) is 0 Å². The van der Waals surface area contributed by atoms with Crippen LogP contribution in [-0.4, -0.2) is 29.9 Å². The second kappa shape index (κ2) is 12.0. The molecule has 3 aromatic carbocycles. The van der Waals surface area contributed by atoms with Crippen LogP contribution in [0.25, 0.3) is 16.7 Å². The van der Waals surface area contributed by atoms with Gasteiger partial charge in [-0.2, -0.15) is 0 Å². The van der Waals surface area contributed by atoms with Crippen molar-refractivity contribution >= 4 is 23.3 Å². The maximum Gasteiger partial charge on any atom is 0.345 e. The largest absolute Gasteiger partial charge is 0.507 e. The monoisotopic (exact) mass is 556 g/mol. The predicted octanol–water partition coefficient (Wildman–Crippen LogP) is 7.30. The Balaban J connectivity index is 2.00. The number of cyclic esters (lactones) is 1. The Morgan fingerprint density at radius 3 is 2.32 bits per heavy atom. The average molecular weight is 557 g/mol. The zero-order valence-corrected chi connectivity index (χ0v) is 24.3. The van der Waals surface area contributed by atoms with Gasteiger partial charge in [0.05, 0.1) is 24.7 Å². The highest BCUT2D eigenvalue weighted by atomic mass is 16.7. The number of rotatable bonds is 10. The molecule has 0 saturated heterocycles. The summed E-state index contributed by atoms with van der Waals surface area (Å²) in [7, 11) is 1.28. The third-order valence-corrected chi connectivity index (χ3v) is 7.25. The summed E-state index contributed by atoms with van der Waals surface area (Å²) >= 11 is 0. The Morgan fingerprint density at radius 1 is 1.00 bits per heavy atom. The number of carbonyl (C=O) groups excluding carboxylic acids is 3. The van der Waals surface area contributed by atoms with Crippen molar-refractivity contribution in [1.29, 1.82) is 0 Å². The number of allylic oxidation sites excluding steroid dienone is 1. The first-order valence-corrected chi connectivity index (χ1v) is 13.8. The van der Waals surface area contributed by atoms with E-state index in [0.29, 0.717) is 34.2 Å². The van der Waals surface area contributed by atoms with Gasteiger partial charge >= 0.3 is 11.9 Å². The maximum absolute atomic E-state index is 13.9. The lowest BCUT2D eigenvalue weighted by atomic mass is 9.87. The number of ether oxygens (including phenoxy) is 3. The molecule has 0 amide bonds. The summed E-state index contributed by atoms with van der Waals surface area (Å²) in [6.45, 7) is 11.4. The third kappa shape index (κ3) is 5.89. The number of hydrogen-bond donors (Lipinski definition) is 1. The molecule has 1 aliphatic rings. The summed E-state index contributed by atoms with van der Waals surface area (Å²) in [5.41, 5.74) is 4.98. The minimum absolute atomic E-state index is 0.0455. The van der Waals surface area contributed by atoms with E-state index in [4.69, 9.17) is 14.2 Å². The molecule has 4 rings (SSSR count). The molecule has 1 atom stereocenters. The molecule has 7 nitrogen and oxygen atoms in total. The highest BCUT2D eigenvalue weighted by Crippen LogP contribution is 2.51. The number of unbranched alkanes of at least 4 members (excludes halogenated alkanes) is 2. The van der Waals surface area contributed by atoms with Gasteiger partial charge in [-0.25, -0.2) is 9.59 Å². The molecule has 0 spiro atoms. The molecule has 1 heterocycles. The fourth-order valence-electron chi connectivity index (χ4n) is 5.27. The number of Topliss-reactive ketones (excluding diaryl/α,β-unsaturated/α-hetero) is 1. The minimum Gasteiger partial charge on any atom is -0.507 e. The van der Waals surface area contributed by atoms with Crippen LogP contribution in [0, 0.1) is 6.92 Å². The van der Waals surface area contributed by atoms with E-state index >= 15 is 0 Å². The lowest BCUT2D eigenvalue weighted by Gasteiger charge is -2.39. The summed E-state index contributed by atoms with van der Waals surface area (Å²) in [4.78, 5) is 38.5. The van der Waals surface area contributed by atoms with Gasteiger partial charge in [-0.3, -0.25) is 4.79 Å². The first kappa shape index (κ1) is 29.6. The Morgan fingerprint density at radius 2 is 1.71 bits per heavy atom. The van der Waals surface area contributed by atoms with Crippen molar-refractivity contribution in [3.8, 4) is 22.6 Å². The summed E-state index contributed by atoms with van der Waals surface area (Å²) in [6, 6.07) is 13.6. The highest BCUT2D eigenvalue weighted by Gasteiger charge is 2.47. The SMILES string of the molecule is C=C(C)c1ccc(C)cc1-c1c(O)cc(CCCCC)c2c1OC(CC(C)=O)(c1ccc(C(=O)OC)cc1)OC2=O. The summed E-state index contributed by atoms with van der Waals surface area (Å²) < 4.78 is 17.4. The van der Waals surface area contributed by atoms with E-state index in [9.17, 15) is 19.5 Å². The topological polar surface area (TPSA) is 99.1 Å². The van der Waals surface area contributed by atoms with Crippen LogP contribution in [0.15, 0.2) is 55.1 Å². The van der Waals surface area contributed by atoms with Gasteiger partial charge in [0, 0.05) is 5.56 Å². The van der Waals surface area contributed by atoms with Crippen LogP contribution in [-0.2, 0) is 26.5 Å². The number of fused-ring (bicyclic) bond motifs is 1. The standard InChI is InChI=1S/C34H36O7/c1-7-8-9-10-24-18-28(36)30(27-17-21(4)11-16-26(27)20(2)3)31-29(24)33(38)41-34(40-31,19-22(5)35)25-14-12-23(13-15-25)32(37)39-6/h11-18,36H,2,7-10,19H2,1,3-6H3. The Kier molecular flexibility index (Phi) is 8.66. The summed E-state index contributed by atoms with van der Waals surface area (Å²) in [5.74, 6) is -3.17. The number of ketones is 1. The van der Waals surface area contributed by atoms with Gasteiger partial charge in [-0.1, -0.05) is 67.8 Å². The van der Waals surface area contributed by atoms with Crippen molar-refractivity contribution in [3.63, 3.8) is 0 Å². The normalized spacial score (nSPS) is 15.9. The summed E-state index contributed by atoms with van der Waals surface area (Å²) in [5, 5.41) is 11.5. The van der Waals surface area contributed by atoms with Crippen LogP contribution < -0.4 is 4.74 Å². The second-order valence-corrected chi connectivity index (χ2v) is 10.6. The molecular formula is C34H36O7. The van der Waals surface area contributed by atoms with Gasteiger partial charge in [0.1, 0.15) is 17.1 Å². The number of aryl methyl sites for hydroxylation is 2. The number of hydrogen-bond acceptors (Lipinski definition) is 7. The van der Waals surface area contributed by atoms with E-state index in [0.717, 1.165) is 36.0 Å². The van der Waals surface area contributed by atoms with E-state index in [1.54, 1.807) is 18.2 Å². The minimum atomic E-state index is -1.82. The number of phenolic OH excluding ortho intramolecular Hbond substituents is 1. The molecule has 1 N–H and O–H groups in total. The molecular weight excluding hydrogens is 520 g/mol. The number of phenols is 1. The first-order valence-electron chi connectivity index (χ1n) is 13.8. The predicted molar refractivity (Wildman–Crippen MR) is 157 cm³/mol. The number of benzene rings is 3. The van der Waals surface area contributed by atoms with Crippen molar-refractivity contribution in [2.45, 2.75) is 65.6 Å². The van der Waals surface area contributed by atoms with Crippen molar-refractivity contribution in [2.75, 3.05) is 7.11 Å². The highest BCUT2D eigenvalue weighted by molar-refractivity contribution is 6.01. The Hall–Kier alpha value is -4.39. The van der Waals surface area contributed by atoms with Crippen molar-refractivity contribution in [3.05, 3.63) is 88.5 Å². The van der Waals surface area contributed by atoms with Gasteiger partial charge in [0.25, 0.3) is 5.79 Å². The maximum atomic E-state index is 13.9. The molecule has 0 aromatic heterocycles. The van der Waals surface area contributed by atoms with Gasteiger partial charge in [0.2, 0.25) is 0 Å². The zero-order chi connectivity index (χ0) is 29.9. The Bertz CT molecular complexity index is 1520. The van der Waals surface area contributed by atoms with E-state index in [1.807, 2.05) is 32.0 Å². The molecule has 1 unspecified atom stereocenters. The molecule has 0 aliphatic carbocycles. The molecule has 0 fully saturated rings. The molecule has 0 saturated carbocycles. The van der Waals surface area contributed by atoms with E-state index in [1.165, 1.54) is 26.2 Å². The molecule has 1 aliphatic heterocycles. The van der Waals surface area contributed by atoms with Crippen molar-refractivity contribution in [2.24, 2.45) is 0 Å². The summed E-state index contributed by atoms with van der Waals surface area (Å²) in [6.07, 6.45) is 3.01. The molecule has 0 radical (unpaired) electrons. The van der Waals surface area contributed by atoms with Crippen LogP contribution in [0.2, 0.25) is 0 Å². The van der Waals surface area contributed by atoms with E-state index in [-0.39, 0.29) is 29.3 Å². The molecule has 7 heteroatoms. The fourth-order valence-corrected chi connectivity index (χ4v) is 5.27. The molecule has 0 bridgehead atoms. The van der Waals surface area contributed by atoms with E-state index in [2.05, 4.69) is 13.5 Å². The quantitative estimate of drug-likeness (QED) is 0.207. The second-order valence-electron chi connectivity index (χ2n) is 10.6. The van der Waals surface area contributed by atoms with Crippen LogP contribution in [0.3, 0.4) is 0 Å². The first-order chi connectivity index (χ1) is 19.5. The lowest BCUT2D eigenvalue weighted by Crippen LogP contribution is -2.44. The number of esters is 2. The van der Waals surface area contributed by atoms with Crippen molar-refractivity contribution < 1.29 is 33.7 Å². The van der Waals surface area contributed by atoms with Crippen LogP contribution in [0.4, 0.5) is 0 Å². The van der Waals surface area contributed by atoms with Crippen LogP contribution in [0.5, 0.6) is 11.5 Å². The Labute approximate surface area is 240 Å².